The predicted octanol–water partition coefficient (Wildman–Crippen LogP) is 2.16. The fraction of sp³-hybridized carbons (Fsp3) is 0.625. The molecular formula is C8H12F3N3S. The smallest absolute Gasteiger partial charge is 0.324 e. The molecule has 1 atom stereocenters. The molecule has 0 fully saturated rings. The number of alkyl halides is 3. The third-order valence-corrected chi connectivity index (χ3v) is 2.48. The van der Waals surface area contributed by atoms with Gasteiger partial charge in [0.2, 0.25) is 0 Å². The number of nitrogens with two attached hydrogens (primary N) is 1. The summed E-state index contributed by atoms with van der Waals surface area (Å²) in [5, 5.41) is 3.91. The van der Waals surface area contributed by atoms with Gasteiger partial charge in [-0.15, -0.1) is 0 Å². The maximum atomic E-state index is 11.8. The molecule has 0 aliphatic rings. The largest absolute Gasteiger partial charge is 0.441 e. The number of nitrogens with zero attached hydrogens (tertiary/aromatic N) is 2. The van der Waals surface area contributed by atoms with Gasteiger partial charge < -0.3 is 5.73 Å². The minimum absolute atomic E-state index is 0.0381. The van der Waals surface area contributed by atoms with Crippen molar-refractivity contribution in [2.45, 2.75) is 25.0 Å². The van der Waals surface area contributed by atoms with Crippen molar-refractivity contribution in [1.82, 2.24) is 9.78 Å². The highest BCUT2D eigenvalue weighted by atomic mass is 32.2. The van der Waals surface area contributed by atoms with E-state index < -0.39 is 5.51 Å². The van der Waals surface area contributed by atoms with Gasteiger partial charge in [-0.3, -0.25) is 4.68 Å². The zero-order valence-corrected chi connectivity index (χ0v) is 8.98. The number of thioether (sulfide) groups is 1. The van der Waals surface area contributed by atoms with Gasteiger partial charge in [0.15, 0.2) is 0 Å². The summed E-state index contributed by atoms with van der Waals surface area (Å²) < 4.78 is 36.9. The maximum Gasteiger partial charge on any atom is 0.441 e. The topological polar surface area (TPSA) is 43.8 Å². The molecule has 1 heterocycles. The Kier molecular flexibility index (Phi) is 4.04. The van der Waals surface area contributed by atoms with E-state index >= 15 is 0 Å². The number of aryl methyl sites for hydroxylation is 1. The molecule has 0 aliphatic heterocycles. The van der Waals surface area contributed by atoms with Gasteiger partial charge in [-0.2, -0.15) is 18.3 Å². The Morgan fingerprint density at radius 1 is 1.60 bits per heavy atom. The first-order chi connectivity index (χ1) is 6.88. The van der Waals surface area contributed by atoms with Crippen LogP contribution in [0.5, 0.6) is 0 Å². The van der Waals surface area contributed by atoms with Crippen molar-refractivity contribution in [2.75, 3.05) is 5.75 Å². The SMILES string of the molecule is CC(N)c1cnn(CCSC(F)(F)F)c1. The second kappa shape index (κ2) is 4.89. The number of halogens is 3. The number of hydrogen-bond acceptors (Lipinski definition) is 3. The van der Waals surface area contributed by atoms with E-state index in [2.05, 4.69) is 5.10 Å². The molecule has 2 N–H and O–H groups in total. The minimum atomic E-state index is -4.17. The zero-order valence-electron chi connectivity index (χ0n) is 8.16. The molecular weight excluding hydrogens is 227 g/mol. The van der Waals surface area contributed by atoms with E-state index in [9.17, 15) is 13.2 Å². The van der Waals surface area contributed by atoms with Crippen molar-refractivity contribution in [3.8, 4) is 0 Å². The van der Waals surface area contributed by atoms with Gasteiger partial charge in [0, 0.05) is 23.6 Å². The quantitative estimate of drug-likeness (QED) is 0.875. The summed E-state index contributed by atoms with van der Waals surface area (Å²) in [6.07, 6.45) is 3.24. The third-order valence-electron chi connectivity index (χ3n) is 1.77. The van der Waals surface area contributed by atoms with Crippen LogP contribution in [0.1, 0.15) is 18.5 Å². The molecule has 0 saturated carbocycles. The zero-order chi connectivity index (χ0) is 11.5. The van der Waals surface area contributed by atoms with Gasteiger partial charge in [0.05, 0.1) is 12.7 Å². The third kappa shape index (κ3) is 4.57. The van der Waals surface area contributed by atoms with E-state index in [4.69, 9.17) is 5.73 Å². The molecule has 1 unspecified atom stereocenters. The lowest BCUT2D eigenvalue weighted by molar-refractivity contribution is -0.0328. The second-order valence-corrected chi connectivity index (χ2v) is 4.28. The van der Waals surface area contributed by atoms with Crippen LogP contribution in [0.4, 0.5) is 13.2 Å². The number of rotatable bonds is 4. The summed E-state index contributed by atoms with van der Waals surface area (Å²) in [5.74, 6) is -0.0381. The Morgan fingerprint density at radius 3 is 2.73 bits per heavy atom. The van der Waals surface area contributed by atoms with Crippen molar-refractivity contribution < 1.29 is 13.2 Å². The highest BCUT2D eigenvalue weighted by Crippen LogP contribution is 2.29. The van der Waals surface area contributed by atoms with Crippen LogP contribution in [0.15, 0.2) is 12.4 Å². The van der Waals surface area contributed by atoms with Crippen LogP contribution < -0.4 is 5.73 Å². The van der Waals surface area contributed by atoms with E-state index in [1.54, 1.807) is 19.3 Å². The first-order valence-corrected chi connectivity index (χ1v) is 5.35. The average molecular weight is 239 g/mol. The Labute approximate surface area is 89.8 Å². The molecule has 86 valence electrons. The van der Waals surface area contributed by atoms with Crippen molar-refractivity contribution in [1.29, 1.82) is 0 Å². The maximum absolute atomic E-state index is 11.8. The van der Waals surface area contributed by atoms with E-state index in [-0.39, 0.29) is 30.1 Å². The average Bonchev–Trinajstić information content (AvgIpc) is 2.50. The molecule has 0 aliphatic carbocycles. The van der Waals surface area contributed by atoms with Crippen LogP contribution in [-0.4, -0.2) is 21.0 Å². The molecule has 1 rings (SSSR count). The van der Waals surface area contributed by atoms with Crippen LogP contribution in [0.3, 0.4) is 0 Å². The standard InChI is InChI=1S/C8H12F3N3S/c1-6(12)7-4-13-14(5-7)2-3-15-8(9,10)11/h4-6H,2-3,12H2,1H3. The lowest BCUT2D eigenvalue weighted by Crippen LogP contribution is -2.07. The number of hydrogen-bond donors (Lipinski definition) is 1. The minimum Gasteiger partial charge on any atom is -0.324 e. The molecule has 0 radical (unpaired) electrons. The molecule has 0 amide bonds. The Hall–Kier alpha value is -0.690. The van der Waals surface area contributed by atoms with E-state index in [0.717, 1.165) is 5.56 Å². The lowest BCUT2D eigenvalue weighted by atomic mass is 10.2. The fourth-order valence-corrected chi connectivity index (χ4v) is 1.50. The fourth-order valence-electron chi connectivity index (χ4n) is 0.992. The van der Waals surface area contributed by atoms with E-state index in [0.29, 0.717) is 0 Å². The Bertz CT molecular complexity index is 308. The molecule has 15 heavy (non-hydrogen) atoms. The van der Waals surface area contributed by atoms with Gasteiger partial charge in [-0.05, 0) is 18.7 Å². The molecule has 7 heteroatoms. The number of aromatic nitrogens is 2. The van der Waals surface area contributed by atoms with Crippen LogP contribution in [-0.2, 0) is 6.54 Å². The van der Waals surface area contributed by atoms with Crippen LogP contribution >= 0.6 is 11.8 Å². The van der Waals surface area contributed by atoms with Crippen molar-refractivity contribution in [3.05, 3.63) is 18.0 Å². The molecule has 0 spiro atoms. The van der Waals surface area contributed by atoms with Crippen LogP contribution in [0.2, 0.25) is 0 Å². The van der Waals surface area contributed by atoms with Crippen molar-refractivity contribution in [3.63, 3.8) is 0 Å². The summed E-state index contributed by atoms with van der Waals surface area (Å²) in [6.45, 7) is 2.03. The summed E-state index contributed by atoms with van der Waals surface area (Å²) in [7, 11) is 0. The van der Waals surface area contributed by atoms with Gasteiger partial charge >= 0.3 is 5.51 Å². The summed E-state index contributed by atoms with van der Waals surface area (Å²) >= 11 is -0.0460. The van der Waals surface area contributed by atoms with E-state index in [1.165, 1.54) is 4.68 Å². The van der Waals surface area contributed by atoms with Crippen molar-refractivity contribution in [2.24, 2.45) is 5.73 Å². The van der Waals surface area contributed by atoms with Gasteiger partial charge in [-0.25, -0.2) is 0 Å². The monoisotopic (exact) mass is 239 g/mol. The molecule has 3 nitrogen and oxygen atoms in total. The molecule has 0 bridgehead atoms. The van der Waals surface area contributed by atoms with Crippen molar-refractivity contribution >= 4 is 11.8 Å². The molecule has 1 aromatic heterocycles. The molecule has 0 saturated heterocycles. The second-order valence-electron chi connectivity index (χ2n) is 3.12. The van der Waals surface area contributed by atoms with Crippen LogP contribution in [0, 0.1) is 0 Å². The van der Waals surface area contributed by atoms with E-state index in [1.807, 2.05) is 0 Å². The Balaban J connectivity index is 2.38. The first-order valence-electron chi connectivity index (χ1n) is 4.37. The Morgan fingerprint density at radius 2 is 2.27 bits per heavy atom. The van der Waals surface area contributed by atoms with Crippen LogP contribution in [0.25, 0.3) is 0 Å². The first kappa shape index (κ1) is 12.4. The van der Waals surface area contributed by atoms with Gasteiger partial charge in [0.25, 0.3) is 0 Å². The predicted molar refractivity (Wildman–Crippen MR) is 53.3 cm³/mol. The normalized spacial score (nSPS) is 14.2. The summed E-state index contributed by atoms with van der Waals surface area (Å²) in [6, 6.07) is -0.144. The summed E-state index contributed by atoms with van der Waals surface area (Å²) in [5.41, 5.74) is 2.24. The highest BCUT2D eigenvalue weighted by Gasteiger charge is 2.27. The summed E-state index contributed by atoms with van der Waals surface area (Å²) in [4.78, 5) is 0. The lowest BCUT2D eigenvalue weighted by Gasteiger charge is -2.05. The molecule has 1 aromatic rings. The van der Waals surface area contributed by atoms with Gasteiger partial charge in [-0.1, -0.05) is 0 Å². The highest BCUT2D eigenvalue weighted by molar-refractivity contribution is 8.00. The molecule has 0 aromatic carbocycles. The van der Waals surface area contributed by atoms with Gasteiger partial charge in [0.1, 0.15) is 0 Å².